The highest BCUT2D eigenvalue weighted by atomic mass is 16.1. The van der Waals surface area contributed by atoms with Crippen molar-refractivity contribution < 1.29 is 4.79 Å². The fourth-order valence-corrected chi connectivity index (χ4v) is 5.48. The lowest BCUT2D eigenvalue weighted by Crippen LogP contribution is -2.35. The smallest absolute Gasteiger partial charge is 0.187 e. The standard InChI is InChI=1S/C28H19NO/c1-29-24-10-4-7-19(13-24)20-11-12-21-15-28(27(30)25(21)14-20)16-22-8-2-5-18-6-3-9-23(17-28)26(18)22/h2-14H,15-17H2. The first kappa shape index (κ1) is 17.2. The van der Waals surface area contributed by atoms with Crippen LogP contribution in [0.3, 0.4) is 0 Å². The molecule has 0 atom stereocenters. The van der Waals surface area contributed by atoms with Crippen molar-refractivity contribution in [2.24, 2.45) is 5.41 Å². The lowest BCUT2D eigenvalue weighted by molar-refractivity contribution is 0.0814. The Balaban J connectivity index is 1.43. The molecule has 2 heteroatoms. The number of fused-ring (bicyclic) bond motifs is 1. The molecule has 0 fully saturated rings. The van der Waals surface area contributed by atoms with Crippen LogP contribution in [0.15, 0.2) is 78.9 Å². The molecule has 2 nitrogen and oxygen atoms in total. The van der Waals surface area contributed by atoms with Gasteiger partial charge in [-0.15, -0.1) is 0 Å². The van der Waals surface area contributed by atoms with Crippen LogP contribution in [-0.2, 0) is 19.3 Å². The molecule has 0 aromatic heterocycles. The van der Waals surface area contributed by atoms with E-state index in [9.17, 15) is 4.79 Å². The van der Waals surface area contributed by atoms with Gasteiger partial charge in [0.05, 0.1) is 6.57 Å². The number of hydrogen-bond donors (Lipinski definition) is 0. The molecule has 2 aliphatic carbocycles. The Morgan fingerprint density at radius 1 is 0.733 bits per heavy atom. The molecule has 0 amide bonds. The van der Waals surface area contributed by atoms with Crippen LogP contribution in [0.4, 0.5) is 5.69 Å². The SMILES string of the molecule is [C-]#[N+]c1cccc(-c2ccc3c(c2)C(=O)C2(C3)Cc3cccc4cccc(c34)C2)c1. The number of carbonyl (C=O) groups is 1. The van der Waals surface area contributed by atoms with Gasteiger partial charge in [0.25, 0.3) is 0 Å². The second kappa shape index (κ2) is 6.15. The maximum absolute atomic E-state index is 13.8. The molecule has 0 heterocycles. The fourth-order valence-electron chi connectivity index (χ4n) is 5.48. The Bertz CT molecular complexity index is 1370. The number of hydrogen-bond acceptors (Lipinski definition) is 1. The molecule has 0 aliphatic heterocycles. The van der Waals surface area contributed by atoms with Crippen LogP contribution in [0.5, 0.6) is 0 Å². The number of nitrogens with zero attached hydrogens (tertiary/aromatic N) is 1. The summed E-state index contributed by atoms with van der Waals surface area (Å²) in [4.78, 5) is 17.3. The molecular formula is C28H19NO. The number of carbonyl (C=O) groups excluding carboxylic acids is 1. The third-order valence-corrected chi connectivity index (χ3v) is 6.81. The fraction of sp³-hybridized carbons (Fsp3) is 0.143. The molecule has 1 spiro atoms. The quantitative estimate of drug-likeness (QED) is 0.339. The average Bonchev–Trinajstić information content (AvgIpc) is 3.04. The van der Waals surface area contributed by atoms with E-state index in [4.69, 9.17) is 6.57 Å². The van der Waals surface area contributed by atoms with E-state index >= 15 is 0 Å². The van der Waals surface area contributed by atoms with Gasteiger partial charge in [-0.2, -0.15) is 0 Å². The van der Waals surface area contributed by atoms with E-state index in [1.165, 1.54) is 21.9 Å². The van der Waals surface area contributed by atoms with E-state index in [-0.39, 0.29) is 11.2 Å². The van der Waals surface area contributed by atoms with Crippen molar-refractivity contribution in [3.8, 4) is 11.1 Å². The minimum atomic E-state index is -0.373. The summed E-state index contributed by atoms with van der Waals surface area (Å²) in [7, 11) is 0. The van der Waals surface area contributed by atoms with Gasteiger partial charge in [-0.25, -0.2) is 4.85 Å². The summed E-state index contributed by atoms with van der Waals surface area (Å²) in [6, 6.07) is 26.8. The normalized spacial score (nSPS) is 15.9. The monoisotopic (exact) mass is 385 g/mol. The van der Waals surface area contributed by atoms with Crippen molar-refractivity contribution in [3.63, 3.8) is 0 Å². The topological polar surface area (TPSA) is 21.4 Å². The molecular weight excluding hydrogens is 366 g/mol. The maximum atomic E-state index is 13.8. The molecule has 0 bridgehead atoms. The first-order valence-electron chi connectivity index (χ1n) is 10.3. The first-order valence-corrected chi connectivity index (χ1v) is 10.3. The Morgan fingerprint density at radius 3 is 2.13 bits per heavy atom. The van der Waals surface area contributed by atoms with Crippen LogP contribution in [-0.4, -0.2) is 5.78 Å². The van der Waals surface area contributed by atoms with Gasteiger partial charge in [-0.3, -0.25) is 4.79 Å². The molecule has 4 aromatic rings. The third-order valence-electron chi connectivity index (χ3n) is 6.81. The van der Waals surface area contributed by atoms with E-state index in [1.807, 2.05) is 30.3 Å². The maximum Gasteiger partial charge on any atom is 0.187 e. The van der Waals surface area contributed by atoms with Crippen molar-refractivity contribution in [2.75, 3.05) is 0 Å². The molecule has 0 unspecified atom stereocenters. The lowest BCUT2D eigenvalue weighted by atomic mass is 9.68. The number of benzene rings is 4. The Morgan fingerprint density at radius 2 is 1.40 bits per heavy atom. The van der Waals surface area contributed by atoms with E-state index in [0.717, 1.165) is 41.5 Å². The second-order valence-electron chi connectivity index (χ2n) is 8.61. The highest BCUT2D eigenvalue weighted by molar-refractivity contribution is 6.07. The van der Waals surface area contributed by atoms with Crippen LogP contribution in [0.2, 0.25) is 0 Å². The zero-order chi connectivity index (χ0) is 20.3. The summed E-state index contributed by atoms with van der Waals surface area (Å²) >= 11 is 0. The van der Waals surface area contributed by atoms with Crippen molar-refractivity contribution in [3.05, 3.63) is 113 Å². The third kappa shape index (κ3) is 2.39. The van der Waals surface area contributed by atoms with Gasteiger partial charge in [0, 0.05) is 11.0 Å². The molecule has 6 rings (SSSR count). The summed E-state index contributed by atoms with van der Waals surface area (Å²) in [6.07, 6.45) is 2.41. The van der Waals surface area contributed by atoms with Crippen LogP contribution >= 0.6 is 0 Å². The van der Waals surface area contributed by atoms with Crippen LogP contribution in [0, 0.1) is 12.0 Å². The minimum Gasteiger partial charge on any atom is -0.294 e. The summed E-state index contributed by atoms with van der Waals surface area (Å²) < 4.78 is 0. The van der Waals surface area contributed by atoms with Gasteiger partial charge < -0.3 is 0 Å². The first-order chi connectivity index (χ1) is 14.7. The zero-order valence-corrected chi connectivity index (χ0v) is 16.5. The lowest BCUT2D eigenvalue weighted by Gasteiger charge is -2.33. The molecule has 0 N–H and O–H groups in total. The van der Waals surface area contributed by atoms with Crippen molar-refractivity contribution in [1.82, 2.24) is 0 Å². The van der Waals surface area contributed by atoms with E-state index in [2.05, 4.69) is 53.4 Å². The van der Waals surface area contributed by atoms with Gasteiger partial charge in [-0.1, -0.05) is 66.7 Å². The van der Waals surface area contributed by atoms with E-state index in [0.29, 0.717) is 5.69 Å². The molecule has 4 aromatic carbocycles. The highest BCUT2D eigenvalue weighted by Gasteiger charge is 2.47. The summed E-state index contributed by atoms with van der Waals surface area (Å²) in [5.41, 5.74) is 6.82. The molecule has 142 valence electrons. The van der Waals surface area contributed by atoms with Crippen molar-refractivity contribution >= 4 is 22.2 Å². The second-order valence-corrected chi connectivity index (χ2v) is 8.61. The van der Waals surface area contributed by atoms with Crippen LogP contribution in [0.1, 0.15) is 27.0 Å². The predicted octanol–water partition coefficient (Wildman–Crippen LogP) is 6.58. The number of Topliss-reactive ketones (excluding diaryl/α,β-unsaturated/α-hetero) is 1. The molecule has 30 heavy (non-hydrogen) atoms. The summed E-state index contributed by atoms with van der Waals surface area (Å²) in [5.74, 6) is 0.271. The van der Waals surface area contributed by atoms with Crippen LogP contribution < -0.4 is 0 Å². The Labute approximate surface area is 175 Å². The predicted molar refractivity (Wildman–Crippen MR) is 120 cm³/mol. The van der Waals surface area contributed by atoms with Crippen molar-refractivity contribution in [2.45, 2.75) is 19.3 Å². The van der Waals surface area contributed by atoms with Gasteiger partial charge in [0.1, 0.15) is 0 Å². The minimum absolute atomic E-state index is 0.271. The molecule has 2 aliphatic rings. The van der Waals surface area contributed by atoms with Gasteiger partial charge in [0.2, 0.25) is 0 Å². The summed E-state index contributed by atoms with van der Waals surface area (Å²) in [5, 5.41) is 2.61. The zero-order valence-electron chi connectivity index (χ0n) is 16.5. The van der Waals surface area contributed by atoms with Gasteiger partial charge >= 0.3 is 0 Å². The largest absolute Gasteiger partial charge is 0.294 e. The van der Waals surface area contributed by atoms with Crippen LogP contribution in [0.25, 0.3) is 26.7 Å². The van der Waals surface area contributed by atoms with Crippen molar-refractivity contribution in [1.29, 1.82) is 0 Å². The highest BCUT2D eigenvalue weighted by Crippen LogP contribution is 2.48. The van der Waals surface area contributed by atoms with Gasteiger partial charge in [-0.05, 0) is 70.0 Å². The molecule has 0 saturated heterocycles. The average molecular weight is 385 g/mol. The summed E-state index contributed by atoms with van der Waals surface area (Å²) in [6.45, 7) is 7.26. The number of rotatable bonds is 1. The Kier molecular flexibility index (Phi) is 3.52. The van der Waals surface area contributed by atoms with E-state index < -0.39 is 0 Å². The number of ketones is 1. The molecule has 0 radical (unpaired) electrons. The Hall–Kier alpha value is -3.70. The van der Waals surface area contributed by atoms with Gasteiger partial charge in [0.15, 0.2) is 11.5 Å². The van der Waals surface area contributed by atoms with E-state index in [1.54, 1.807) is 0 Å². The molecule has 0 saturated carbocycles.